The molecule has 2 aromatic carbocycles. The van der Waals surface area contributed by atoms with E-state index in [9.17, 15) is 9.90 Å². The van der Waals surface area contributed by atoms with Crippen molar-refractivity contribution in [2.75, 3.05) is 26.2 Å². The monoisotopic (exact) mass is 397 g/mol. The first-order valence-corrected chi connectivity index (χ1v) is 10.6. The lowest BCUT2D eigenvalue weighted by molar-refractivity contribution is -0.138. The Balaban J connectivity index is 1.92. The molecule has 4 nitrogen and oxygen atoms in total. The van der Waals surface area contributed by atoms with E-state index in [0.29, 0.717) is 13.0 Å². The number of carbonyl (C=O) groups is 1. The Morgan fingerprint density at radius 2 is 1.89 bits per heavy atom. The fourth-order valence-corrected chi connectivity index (χ4v) is 4.31. The summed E-state index contributed by atoms with van der Waals surface area (Å²) in [5, 5.41) is 13.9. The molecule has 0 aliphatic carbocycles. The van der Waals surface area contributed by atoms with Crippen molar-refractivity contribution in [1.29, 1.82) is 0 Å². The van der Waals surface area contributed by atoms with Crippen LogP contribution in [-0.4, -0.2) is 42.2 Å². The van der Waals surface area contributed by atoms with Gasteiger partial charge in [-0.05, 0) is 47.8 Å². The van der Waals surface area contributed by atoms with Crippen molar-refractivity contribution in [3.63, 3.8) is 0 Å². The van der Waals surface area contributed by atoms with Gasteiger partial charge in [0.2, 0.25) is 0 Å². The number of nitrogens with zero attached hydrogens (tertiary/aromatic N) is 1. The van der Waals surface area contributed by atoms with Gasteiger partial charge >= 0.3 is 5.97 Å². The zero-order chi connectivity index (χ0) is 19.9. The minimum Gasteiger partial charge on any atom is -0.492 e. The van der Waals surface area contributed by atoms with Crippen molar-refractivity contribution in [1.82, 2.24) is 4.90 Å². The van der Waals surface area contributed by atoms with E-state index in [2.05, 4.69) is 30.9 Å². The van der Waals surface area contributed by atoms with Crippen molar-refractivity contribution in [2.45, 2.75) is 26.2 Å². The molecular formula is C23H27NO3S. The fraction of sp³-hybridized carbons (Fsp3) is 0.348. The summed E-state index contributed by atoms with van der Waals surface area (Å²) in [6.07, 6.45) is 0.414. The number of benzene rings is 2. The van der Waals surface area contributed by atoms with Crippen LogP contribution >= 0.6 is 11.3 Å². The Morgan fingerprint density at radius 1 is 1.11 bits per heavy atom. The second kappa shape index (κ2) is 9.71. The number of aliphatic carboxylic acids is 1. The third-order valence-corrected chi connectivity index (χ3v) is 6.14. The second-order valence-electron chi connectivity index (χ2n) is 6.75. The molecule has 0 aliphatic rings. The third-order valence-electron chi connectivity index (χ3n) is 5.15. The molecule has 0 amide bonds. The van der Waals surface area contributed by atoms with Crippen LogP contribution in [0.1, 0.15) is 30.2 Å². The molecule has 0 spiro atoms. The van der Waals surface area contributed by atoms with Crippen molar-refractivity contribution in [3.8, 4) is 5.75 Å². The number of thiophene rings is 1. The first-order valence-electron chi connectivity index (χ1n) is 9.76. The van der Waals surface area contributed by atoms with Gasteiger partial charge in [-0.1, -0.05) is 50.2 Å². The first kappa shape index (κ1) is 20.4. The maximum absolute atomic E-state index is 12.0. The minimum atomic E-state index is -0.801. The molecule has 1 atom stereocenters. The topological polar surface area (TPSA) is 49.8 Å². The lowest BCUT2D eigenvalue weighted by Gasteiger charge is -2.20. The molecule has 0 saturated heterocycles. The summed E-state index contributed by atoms with van der Waals surface area (Å²) in [5.74, 6) is -0.589. The minimum absolute atomic E-state index is 0.414. The van der Waals surface area contributed by atoms with Gasteiger partial charge in [0, 0.05) is 17.0 Å². The molecular weight excluding hydrogens is 370 g/mol. The quantitative estimate of drug-likeness (QED) is 0.521. The molecule has 3 rings (SSSR count). The highest BCUT2D eigenvalue weighted by molar-refractivity contribution is 7.10. The Hall–Kier alpha value is -2.37. The molecule has 0 bridgehead atoms. The Labute approximate surface area is 170 Å². The largest absolute Gasteiger partial charge is 0.492 e. The first-order chi connectivity index (χ1) is 13.6. The van der Waals surface area contributed by atoms with Crippen LogP contribution in [0.3, 0.4) is 0 Å². The van der Waals surface area contributed by atoms with Gasteiger partial charge in [0.25, 0.3) is 0 Å². The molecule has 0 aliphatic heterocycles. The van der Waals surface area contributed by atoms with Crippen LogP contribution in [0.15, 0.2) is 53.9 Å². The lowest BCUT2D eigenvalue weighted by Crippen LogP contribution is -2.28. The van der Waals surface area contributed by atoms with Crippen LogP contribution in [0.2, 0.25) is 0 Å². The van der Waals surface area contributed by atoms with E-state index in [0.717, 1.165) is 46.6 Å². The smallest absolute Gasteiger partial charge is 0.312 e. The zero-order valence-electron chi connectivity index (χ0n) is 16.4. The average molecular weight is 398 g/mol. The number of hydrogen-bond donors (Lipinski definition) is 1. The Bertz CT molecular complexity index is 903. The van der Waals surface area contributed by atoms with E-state index in [4.69, 9.17) is 4.74 Å². The molecule has 0 radical (unpaired) electrons. The lowest BCUT2D eigenvalue weighted by atomic mass is 9.93. The van der Waals surface area contributed by atoms with Gasteiger partial charge in [-0.25, -0.2) is 0 Å². The number of likely N-dealkylation sites (N-methyl/N-ethyl adjacent to an activating group) is 1. The molecule has 0 fully saturated rings. The third kappa shape index (κ3) is 4.72. The molecule has 1 unspecified atom stereocenters. The van der Waals surface area contributed by atoms with Crippen molar-refractivity contribution < 1.29 is 14.6 Å². The van der Waals surface area contributed by atoms with Crippen LogP contribution in [0.25, 0.3) is 10.8 Å². The van der Waals surface area contributed by atoms with Crippen LogP contribution in [0.5, 0.6) is 5.75 Å². The summed E-state index contributed by atoms with van der Waals surface area (Å²) < 4.78 is 6.15. The maximum atomic E-state index is 12.0. The highest BCUT2D eigenvalue weighted by Gasteiger charge is 2.24. The van der Waals surface area contributed by atoms with Gasteiger partial charge in [0.15, 0.2) is 0 Å². The number of rotatable bonds is 10. The molecule has 5 heteroatoms. The predicted octanol–water partition coefficient (Wildman–Crippen LogP) is 5.03. The fourth-order valence-electron chi connectivity index (χ4n) is 3.49. The van der Waals surface area contributed by atoms with Crippen molar-refractivity contribution in [3.05, 3.63) is 64.4 Å². The van der Waals surface area contributed by atoms with Gasteiger partial charge in [0.05, 0.1) is 5.92 Å². The second-order valence-corrected chi connectivity index (χ2v) is 7.73. The van der Waals surface area contributed by atoms with E-state index in [1.807, 2.05) is 41.8 Å². The van der Waals surface area contributed by atoms with Crippen LogP contribution in [0.4, 0.5) is 0 Å². The van der Waals surface area contributed by atoms with Crippen molar-refractivity contribution >= 4 is 28.1 Å². The van der Waals surface area contributed by atoms with E-state index in [1.54, 1.807) is 0 Å². The van der Waals surface area contributed by atoms with E-state index >= 15 is 0 Å². The highest BCUT2D eigenvalue weighted by Crippen LogP contribution is 2.34. The molecule has 3 aromatic rings. The number of ether oxygens (including phenoxy) is 1. The van der Waals surface area contributed by atoms with Crippen LogP contribution in [0, 0.1) is 0 Å². The Morgan fingerprint density at radius 3 is 2.57 bits per heavy atom. The average Bonchev–Trinajstić information content (AvgIpc) is 3.24. The van der Waals surface area contributed by atoms with Gasteiger partial charge in [-0.15, -0.1) is 11.3 Å². The Kier molecular flexibility index (Phi) is 7.06. The van der Waals surface area contributed by atoms with Gasteiger partial charge in [-0.3, -0.25) is 4.79 Å². The summed E-state index contributed by atoms with van der Waals surface area (Å²) in [4.78, 5) is 15.2. The molecule has 0 saturated carbocycles. The van der Waals surface area contributed by atoms with E-state index in [-0.39, 0.29) is 0 Å². The van der Waals surface area contributed by atoms with Crippen LogP contribution < -0.4 is 4.74 Å². The predicted molar refractivity (Wildman–Crippen MR) is 116 cm³/mol. The number of carboxylic acid groups (broad SMARTS) is 1. The SMILES string of the molecule is CCN(CC)CCOc1ccc2ccccc2c1CC(C(=O)O)c1cccs1. The molecule has 1 heterocycles. The standard InChI is InChI=1S/C23H27NO3S/c1-3-24(4-2)13-14-27-21-12-11-17-8-5-6-9-18(17)19(21)16-20(23(25)26)22-10-7-15-28-22/h5-12,15,20H,3-4,13-14,16H2,1-2H3,(H,25,26). The number of carboxylic acids is 1. The van der Waals surface area contributed by atoms with E-state index in [1.165, 1.54) is 11.3 Å². The summed E-state index contributed by atoms with van der Waals surface area (Å²) in [5.41, 5.74) is 0.971. The molecule has 28 heavy (non-hydrogen) atoms. The zero-order valence-corrected chi connectivity index (χ0v) is 17.2. The summed E-state index contributed by atoms with van der Waals surface area (Å²) >= 11 is 1.49. The molecule has 148 valence electrons. The highest BCUT2D eigenvalue weighted by atomic mass is 32.1. The van der Waals surface area contributed by atoms with Gasteiger partial charge < -0.3 is 14.7 Å². The maximum Gasteiger partial charge on any atom is 0.312 e. The van der Waals surface area contributed by atoms with Crippen LogP contribution in [-0.2, 0) is 11.2 Å². The molecule has 1 N–H and O–H groups in total. The van der Waals surface area contributed by atoms with Gasteiger partial charge in [0.1, 0.15) is 12.4 Å². The summed E-state index contributed by atoms with van der Waals surface area (Å²) in [7, 11) is 0. The van der Waals surface area contributed by atoms with Crippen molar-refractivity contribution in [2.24, 2.45) is 0 Å². The normalized spacial score (nSPS) is 12.4. The van der Waals surface area contributed by atoms with Gasteiger partial charge in [-0.2, -0.15) is 0 Å². The number of hydrogen-bond acceptors (Lipinski definition) is 4. The molecule has 1 aromatic heterocycles. The summed E-state index contributed by atoms with van der Waals surface area (Å²) in [6.45, 7) is 7.71. The van der Waals surface area contributed by atoms with E-state index < -0.39 is 11.9 Å². The number of fused-ring (bicyclic) bond motifs is 1. The summed E-state index contributed by atoms with van der Waals surface area (Å²) in [6, 6.07) is 15.9.